The first-order chi connectivity index (χ1) is 11.2. The monoisotopic (exact) mass is 313 g/mol. The molecule has 0 bridgehead atoms. The third kappa shape index (κ3) is 4.83. The van der Waals surface area contributed by atoms with Gasteiger partial charge in [-0.3, -0.25) is 4.90 Å². The second-order valence-corrected chi connectivity index (χ2v) is 6.69. The fourth-order valence-electron chi connectivity index (χ4n) is 3.63. The molecule has 1 aliphatic rings. The Morgan fingerprint density at radius 1 is 1.09 bits per heavy atom. The molecular weight excluding hydrogens is 282 g/mol. The summed E-state index contributed by atoms with van der Waals surface area (Å²) in [6.07, 6.45) is 6.86. The van der Waals surface area contributed by atoms with E-state index < -0.39 is 5.60 Å². The van der Waals surface area contributed by atoms with Crippen LogP contribution in [0.1, 0.15) is 57.9 Å². The van der Waals surface area contributed by atoms with E-state index in [2.05, 4.69) is 30.6 Å². The number of nitrogens with zero attached hydrogens (tertiary/aromatic N) is 1. The van der Waals surface area contributed by atoms with Crippen LogP contribution in [0.15, 0.2) is 30.3 Å². The van der Waals surface area contributed by atoms with E-state index in [4.69, 9.17) is 0 Å². The Bertz CT molecular complexity index is 504. The highest BCUT2D eigenvalue weighted by Crippen LogP contribution is 2.40. The second kappa shape index (κ2) is 9.11. The number of hydrogen-bond donors (Lipinski definition) is 1. The van der Waals surface area contributed by atoms with Crippen LogP contribution in [0.4, 0.5) is 0 Å². The number of rotatable bonds is 7. The highest BCUT2D eigenvalue weighted by Gasteiger charge is 2.38. The zero-order chi connectivity index (χ0) is 16.5. The van der Waals surface area contributed by atoms with Gasteiger partial charge in [-0.25, -0.2) is 0 Å². The Hall–Kier alpha value is -1.30. The zero-order valence-corrected chi connectivity index (χ0v) is 14.7. The van der Waals surface area contributed by atoms with Crippen LogP contribution in [-0.2, 0) is 5.60 Å². The first-order valence-corrected chi connectivity index (χ1v) is 9.21. The van der Waals surface area contributed by atoms with Crippen LogP contribution in [0.25, 0.3) is 0 Å². The molecule has 2 nitrogen and oxygen atoms in total. The van der Waals surface area contributed by atoms with Gasteiger partial charge in [0.15, 0.2) is 5.60 Å². The molecule has 0 unspecified atom stereocenters. The molecule has 1 aromatic carbocycles. The molecule has 1 N–H and O–H groups in total. The van der Waals surface area contributed by atoms with Crippen LogP contribution in [-0.4, -0.2) is 29.6 Å². The predicted octanol–water partition coefficient (Wildman–Crippen LogP) is 4.19. The Balaban J connectivity index is 2.17. The summed E-state index contributed by atoms with van der Waals surface area (Å²) in [5.41, 5.74) is -0.0288. The van der Waals surface area contributed by atoms with Gasteiger partial charge in [0, 0.05) is 5.92 Å². The largest absolute Gasteiger partial charge is 0.373 e. The van der Waals surface area contributed by atoms with Gasteiger partial charge in [-0.1, -0.05) is 68.9 Å². The maximum Gasteiger partial charge on any atom is 0.153 e. The molecule has 23 heavy (non-hydrogen) atoms. The van der Waals surface area contributed by atoms with Crippen molar-refractivity contribution >= 4 is 0 Å². The highest BCUT2D eigenvalue weighted by molar-refractivity contribution is 5.33. The van der Waals surface area contributed by atoms with E-state index in [1.807, 2.05) is 30.3 Å². The van der Waals surface area contributed by atoms with Gasteiger partial charge < -0.3 is 5.11 Å². The van der Waals surface area contributed by atoms with Crippen LogP contribution >= 0.6 is 0 Å². The summed E-state index contributed by atoms with van der Waals surface area (Å²) in [4.78, 5) is 2.38. The lowest BCUT2D eigenvalue weighted by atomic mass is 9.80. The number of aliphatic hydroxyl groups is 1. The molecule has 0 heterocycles. The zero-order valence-electron chi connectivity index (χ0n) is 14.7. The van der Waals surface area contributed by atoms with E-state index in [1.165, 1.54) is 12.8 Å². The molecule has 1 aromatic rings. The normalized spacial score (nSPS) is 17.7. The van der Waals surface area contributed by atoms with Crippen LogP contribution in [0.5, 0.6) is 0 Å². The Labute approximate surface area is 141 Å². The molecule has 0 spiro atoms. The van der Waals surface area contributed by atoms with Gasteiger partial charge >= 0.3 is 0 Å². The summed E-state index contributed by atoms with van der Waals surface area (Å²) in [7, 11) is 0. The van der Waals surface area contributed by atoms with Gasteiger partial charge in [-0.05, 0) is 44.3 Å². The van der Waals surface area contributed by atoms with Crippen LogP contribution in [0.2, 0.25) is 0 Å². The molecular formula is C21H31NO. The average Bonchev–Trinajstić information content (AvgIpc) is 3.11. The van der Waals surface area contributed by atoms with Gasteiger partial charge in [0.25, 0.3) is 0 Å². The average molecular weight is 313 g/mol. The van der Waals surface area contributed by atoms with E-state index >= 15 is 0 Å². The molecule has 2 heteroatoms. The molecule has 1 saturated carbocycles. The Morgan fingerprint density at radius 3 is 2.26 bits per heavy atom. The first kappa shape index (κ1) is 18.0. The van der Waals surface area contributed by atoms with Gasteiger partial charge in [0.2, 0.25) is 0 Å². The van der Waals surface area contributed by atoms with Crippen LogP contribution in [0, 0.1) is 17.8 Å². The smallest absolute Gasteiger partial charge is 0.153 e. The molecule has 1 aliphatic carbocycles. The van der Waals surface area contributed by atoms with Crippen molar-refractivity contribution in [3.8, 4) is 11.8 Å². The standard InChI is InChI=1S/C21H31NO/c1-3-16-22(17-4-2)18-10-15-21(23,20-13-8-9-14-20)19-11-6-5-7-12-19/h5-7,11-12,20,23H,3-4,8-9,13-14,16-18H2,1-2H3/t21-/m1/s1. The molecule has 0 saturated heterocycles. The van der Waals surface area contributed by atoms with Crippen molar-refractivity contribution in [2.75, 3.05) is 19.6 Å². The minimum absolute atomic E-state index is 0.267. The molecule has 0 aliphatic heterocycles. The molecule has 126 valence electrons. The molecule has 0 aromatic heterocycles. The highest BCUT2D eigenvalue weighted by atomic mass is 16.3. The SMILES string of the molecule is CCCN(CC#C[C@@](O)(c1ccccc1)C1CCCC1)CCC. The predicted molar refractivity (Wildman–Crippen MR) is 97.1 cm³/mol. The van der Waals surface area contributed by atoms with E-state index in [1.54, 1.807) is 0 Å². The van der Waals surface area contributed by atoms with Gasteiger partial charge in [-0.15, -0.1) is 0 Å². The summed E-state index contributed by atoms with van der Waals surface area (Å²) in [5, 5.41) is 11.4. The van der Waals surface area contributed by atoms with Crippen molar-refractivity contribution in [2.45, 2.75) is 58.0 Å². The van der Waals surface area contributed by atoms with Crippen molar-refractivity contribution in [2.24, 2.45) is 5.92 Å². The van der Waals surface area contributed by atoms with Crippen LogP contribution in [0.3, 0.4) is 0 Å². The maximum absolute atomic E-state index is 11.4. The van der Waals surface area contributed by atoms with Crippen molar-refractivity contribution < 1.29 is 5.11 Å². The Kier molecular flexibility index (Phi) is 7.15. The third-order valence-electron chi connectivity index (χ3n) is 4.82. The number of benzene rings is 1. The third-order valence-corrected chi connectivity index (χ3v) is 4.82. The van der Waals surface area contributed by atoms with Gasteiger partial charge in [-0.2, -0.15) is 0 Å². The topological polar surface area (TPSA) is 23.5 Å². The van der Waals surface area contributed by atoms with E-state index in [-0.39, 0.29) is 5.92 Å². The first-order valence-electron chi connectivity index (χ1n) is 9.21. The summed E-state index contributed by atoms with van der Waals surface area (Å²) in [6.45, 7) is 7.32. The fourth-order valence-corrected chi connectivity index (χ4v) is 3.63. The maximum atomic E-state index is 11.4. The van der Waals surface area contributed by atoms with Crippen molar-refractivity contribution in [3.63, 3.8) is 0 Å². The lowest BCUT2D eigenvalue weighted by molar-refractivity contribution is 0.0367. The second-order valence-electron chi connectivity index (χ2n) is 6.69. The van der Waals surface area contributed by atoms with Gasteiger partial charge in [0.05, 0.1) is 6.54 Å². The quantitative estimate of drug-likeness (QED) is 0.763. The van der Waals surface area contributed by atoms with E-state index in [0.29, 0.717) is 0 Å². The lowest BCUT2D eigenvalue weighted by Gasteiger charge is -2.29. The lowest BCUT2D eigenvalue weighted by Crippen LogP contribution is -2.33. The van der Waals surface area contributed by atoms with E-state index in [0.717, 1.165) is 50.9 Å². The molecule has 0 radical (unpaired) electrons. The van der Waals surface area contributed by atoms with Crippen LogP contribution < -0.4 is 0 Å². The summed E-state index contributed by atoms with van der Waals surface area (Å²) < 4.78 is 0. The molecule has 2 rings (SSSR count). The molecule has 1 fully saturated rings. The van der Waals surface area contributed by atoms with Gasteiger partial charge in [0.1, 0.15) is 0 Å². The minimum atomic E-state index is -0.984. The molecule has 1 atom stereocenters. The minimum Gasteiger partial charge on any atom is -0.373 e. The van der Waals surface area contributed by atoms with E-state index in [9.17, 15) is 5.11 Å². The fraction of sp³-hybridized carbons (Fsp3) is 0.619. The van der Waals surface area contributed by atoms with Crippen molar-refractivity contribution in [1.82, 2.24) is 4.90 Å². The Morgan fingerprint density at radius 2 is 1.70 bits per heavy atom. The summed E-state index contributed by atoms with van der Waals surface area (Å²) in [5.74, 6) is 6.83. The summed E-state index contributed by atoms with van der Waals surface area (Å²) in [6, 6.07) is 10.0. The summed E-state index contributed by atoms with van der Waals surface area (Å²) >= 11 is 0. The number of hydrogen-bond acceptors (Lipinski definition) is 2. The van der Waals surface area contributed by atoms with Crippen molar-refractivity contribution in [3.05, 3.63) is 35.9 Å². The molecule has 0 amide bonds. The van der Waals surface area contributed by atoms with Crippen molar-refractivity contribution in [1.29, 1.82) is 0 Å².